The Kier molecular flexibility index (Phi) is 6.06. The van der Waals surface area contributed by atoms with Crippen molar-refractivity contribution in [2.75, 3.05) is 32.7 Å². The first kappa shape index (κ1) is 21.7. The van der Waals surface area contributed by atoms with E-state index in [1.165, 1.54) is 19.3 Å². The third-order valence-corrected chi connectivity index (χ3v) is 8.93. The molecule has 2 heterocycles. The molecular weight excluding hydrogens is 390 g/mol. The predicted octanol–water partition coefficient (Wildman–Crippen LogP) is 2.81. The highest BCUT2D eigenvalue weighted by molar-refractivity contribution is 5.84. The molecule has 2 atom stereocenters. The molecule has 0 radical (unpaired) electrons. The van der Waals surface area contributed by atoms with Gasteiger partial charge in [0.05, 0.1) is 12.2 Å². The zero-order valence-electron chi connectivity index (χ0n) is 19.5. The minimum absolute atomic E-state index is 0.109. The average molecular weight is 432 g/mol. The van der Waals surface area contributed by atoms with Crippen molar-refractivity contribution in [3.63, 3.8) is 0 Å². The number of nitrogens with one attached hydrogen (secondary N) is 1. The van der Waals surface area contributed by atoms with Gasteiger partial charge >= 0.3 is 0 Å². The maximum atomic E-state index is 13.1. The normalized spacial score (nSPS) is 40.8. The van der Waals surface area contributed by atoms with E-state index in [0.717, 1.165) is 76.0 Å². The van der Waals surface area contributed by atoms with E-state index in [0.29, 0.717) is 31.2 Å². The second-order valence-electron chi connectivity index (χ2n) is 11.5. The molecule has 6 rings (SSSR count). The molecule has 4 bridgehead atoms. The molecule has 4 aliphatic carbocycles. The quantitative estimate of drug-likeness (QED) is 0.727. The highest BCUT2D eigenvalue weighted by Gasteiger charge is 2.54. The van der Waals surface area contributed by atoms with E-state index >= 15 is 0 Å². The first-order valence-corrected chi connectivity index (χ1v) is 12.9. The zero-order chi connectivity index (χ0) is 21.6. The van der Waals surface area contributed by atoms with Crippen molar-refractivity contribution in [3.05, 3.63) is 0 Å². The van der Waals surface area contributed by atoms with E-state index < -0.39 is 0 Å². The van der Waals surface area contributed by atoms with Gasteiger partial charge in [-0.25, -0.2) is 0 Å². The smallest absolute Gasteiger partial charge is 0.226 e. The lowest BCUT2D eigenvalue weighted by atomic mass is 9.49. The molecule has 6 nitrogen and oxygen atoms in total. The summed E-state index contributed by atoms with van der Waals surface area (Å²) >= 11 is 0. The van der Waals surface area contributed by atoms with E-state index in [1.807, 2.05) is 4.90 Å². The summed E-state index contributed by atoms with van der Waals surface area (Å²) in [4.78, 5) is 30.4. The van der Waals surface area contributed by atoms with E-state index in [9.17, 15) is 9.59 Å². The number of carbonyl (C=O) groups excluding carboxylic acids is 2. The molecule has 2 aliphatic heterocycles. The number of hydrogen-bond acceptors (Lipinski definition) is 4. The lowest BCUT2D eigenvalue weighted by Crippen LogP contribution is -2.54. The Bertz CT molecular complexity index is 642. The Morgan fingerprint density at radius 3 is 2.03 bits per heavy atom. The van der Waals surface area contributed by atoms with Gasteiger partial charge in [-0.15, -0.1) is 0 Å². The van der Waals surface area contributed by atoms with Gasteiger partial charge < -0.3 is 15.0 Å². The molecule has 2 saturated heterocycles. The molecule has 31 heavy (non-hydrogen) atoms. The largest absolute Gasteiger partial charge is 0.373 e. The summed E-state index contributed by atoms with van der Waals surface area (Å²) in [5, 5.41) is 3.17. The number of ether oxygens (including phenoxy) is 1. The molecule has 0 aromatic heterocycles. The van der Waals surface area contributed by atoms with Crippen molar-refractivity contribution >= 4 is 11.8 Å². The second kappa shape index (κ2) is 8.66. The van der Waals surface area contributed by atoms with Crippen LogP contribution in [0.15, 0.2) is 0 Å². The molecule has 6 heteroatoms. The number of carbonyl (C=O) groups is 2. The Labute approximate surface area is 187 Å². The van der Waals surface area contributed by atoms with Gasteiger partial charge in [0.25, 0.3) is 0 Å². The molecule has 0 aromatic rings. The van der Waals surface area contributed by atoms with Crippen LogP contribution in [0.3, 0.4) is 0 Å². The molecule has 2 amide bonds. The van der Waals surface area contributed by atoms with Crippen molar-refractivity contribution in [2.24, 2.45) is 23.2 Å². The fourth-order valence-electron chi connectivity index (χ4n) is 8.01. The van der Waals surface area contributed by atoms with E-state index in [2.05, 4.69) is 24.1 Å². The number of morpholine rings is 1. The zero-order valence-corrected chi connectivity index (χ0v) is 19.5. The van der Waals surface area contributed by atoms with Crippen molar-refractivity contribution < 1.29 is 14.3 Å². The molecule has 1 N–H and O–H groups in total. The van der Waals surface area contributed by atoms with Crippen LogP contribution in [-0.4, -0.2) is 72.6 Å². The van der Waals surface area contributed by atoms with E-state index in [4.69, 9.17) is 4.74 Å². The summed E-state index contributed by atoms with van der Waals surface area (Å²) in [7, 11) is 0. The van der Waals surface area contributed by atoms with E-state index in [-0.39, 0.29) is 17.2 Å². The highest BCUT2D eigenvalue weighted by atomic mass is 16.5. The van der Waals surface area contributed by atoms with Crippen molar-refractivity contribution in [3.8, 4) is 0 Å². The molecule has 0 aromatic carbocycles. The van der Waals surface area contributed by atoms with Crippen LogP contribution in [0.1, 0.15) is 71.6 Å². The molecule has 0 unspecified atom stereocenters. The summed E-state index contributed by atoms with van der Waals surface area (Å²) < 4.78 is 5.87. The van der Waals surface area contributed by atoms with Crippen LogP contribution in [0.4, 0.5) is 0 Å². The summed E-state index contributed by atoms with van der Waals surface area (Å²) in [6.45, 7) is 8.48. The van der Waals surface area contributed by atoms with Crippen molar-refractivity contribution in [1.82, 2.24) is 15.1 Å². The minimum atomic E-state index is -0.109. The number of likely N-dealkylation sites (tertiary alicyclic amines) is 1. The first-order valence-electron chi connectivity index (χ1n) is 12.9. The fourth-order valence-corrected chi connectivity index (χ4v) is 8.01. The van der Waals surface area contributed by atoms with E-state index in [1.54, 1.807) is 0 Å². The Balaban J connectivity index is 1.05. The number of hydrogen-bond donors (Lipinski definition) is 1. The SMILES string of the molecule is C[C@H]1CN(C2CCN(C(=O)CCNC(=O)C34CC5CC(CC(C5)C3)C4)CC2)C[C@H](C)O1. The van der Waals surface area contributed by atoms with Crippen LogP contribution in [0.25, 0.3) is 0 Å². The number of amides is 2. The molecule has 0 spiro atoms. The molecule has 174 valence electrons. The topological polar surface area (TPSA) is 61.9 Å². The van der Waals surface area contributed by atoms with Crippen molar-refractivity contribution in [2.45, 2.75) is 89.9 Å². The highest BCUT2D eigenvalue weighted by Crippen LogP contribution is 2.60. The summed E-state index contributed by atoms with van der Waals surface area (Å²) in [6, 6.07) is 0.564. The summed E-state index contributed by atoms with van der Waals surface area (Å²) in [5.41, 5.74) is -0.109. The van der Waals surface area contributed by atoms with Gasteiger partial charge in [0, 0.05) is 50.6 Å². The van der Waals surface area contributed by atoms with Crippen LogP contribution in [0, 0.1) is 23.2 Å². The summed E-state index contributed by atoms with van der Waals surface area (Å²) in [5.74, 6) is 2.77. The van der Waals surface area contributed by atoms with Crippen molar-refractivity contribution in [1.29, 1.82) is 0 Å². The van der Waals surface area contributed by atoms with Gasteiger partial charge in [0.2, 0.25) is 11.8 Å². The van der Waals surface area contributed by atoms with Crippen LogP contribution in [0.5, 0.6) is 0 Å². The Morgan fingerprint density at radius 2 is 1.48 bits per heavy atom. The van der Waals surface area contributed by atoms with Gasteiger partial charge in [0.1, 0.15) is 0 Å². The molecular formula is C25H41N3O3. The Hall–Kier alpha value is -1.14. The lowest BCUT2D eigenvalue weighted by Gasteiger charge is -2.55. The van der Waals surface area contributed by atoms with Gasteiger partial charge in [-0.05, 0) is 83.0 Å². The van der Waals surface area contributed by atoms with Gasteiger partial charge in [-0.2, -0.15) is 0 Å². The maximum absolute atomic E-state index is 13.1. The monoisotopic (exact) mass is 431 g/mol. The van der Waals surface area contributed by atoms with Crippen LogP contribution >= 0.6 is 0 Å². The van der Waals surface area contributed by atoms with Gasteiger partial charge in [-0.3, -0.25) is 14.5 Å². The number of rotatable bonds is 5. The molecule has 6 aliphatic rings. The Morgan fingerprint density at radius 1 is 0.935 bits per heavy atom. The number of nitrogens with zero attached hydrogens (tertiary/aromatic N) is 2. The third kappa shape index (κ3) is 4.52. The number of piperidine rings is 1. The molecule has 4 saturated carbocycles. The van der Waals surface area contributed by atoms with Crippen LogP contribution in [-0.2, 0) is 14.3 Å². The maximum Gasteiger partial charge on any atom is 0.226 e. The average Bonchev–Trinajstić information content (AvgIpc) is 2.72. The fraction of sp³-hybridized carbons (Fsp3) is 0.920. The van der Waals surface area contributed by atoms with Crippen LogP contribution < -0.4 is 5.32 Å². The standard InChI is InChI=1S/C25H41N3O3/c1-17-15-28(16-18(2)31-17)22-4-7-27(8-5-22)23(29)3-6-26-24(30)25-12-19-9-20(13-25)11-21(10-19)14-25/h17-22H,3-16H2,1-2H3,(H,26,30)/t17-,18-,19?,20?,21?,25?/m0/s1. The molecule has 6 fully saturated rings. The third-order valence-electron chi connectivity index (χ3n) is 8.93. The summed E-state index contributed by atoms with van der Waals surface area (Å²) in [6.07, 6.45) is 10.4. The van der Waals surface area contributed by atoms with Gasteiger partial charge in [-0.1, -0.05) is 0 Å². The second-order valence-corrected chi connectivity index (χ2v) is 11.5. The van der Waals surface area contributed by atoms with Gasteiger partial charge in [0.15, 0.2) is 0 Å². The predicted molar refractivity (Wildman–Crippen MR) is 119 cm³/mol. The minimum Gasteiger partial charge on any atom is -0.373 e. The first-order chi connectivity index (χ1) is 14.9. The lowest BCUT2D eigenvalue weighted by molar-refractivity contribution is -0.146. The van der Waals surface area contributed by atoms with Crippen LogP contribution in [0.2, 0.25) is 0 Å².